The number of benzene rings is 2. The van der Waals surface area contributed by atoms with E-state index in [0.29, 0.717) is 13.2 Å². The van der Waals surface area contributed by atoms with Gasteiger partial charge < -0.3 is 4.74 Å². The lowest BCUT2D eigenvalue weighted by molar-refractivity contribution is 0.119. The SMILES string of the molecule is Cn1nc(-c2ccc(F)cc2)c(-c2ccncc2)c1COCCc1ccccc1. The lowest BCUT2D eigenvalue weighted by Crippen LogP contribution is -2.05. The first kappa shape index (κ1) is 19.0. The lowest BCUT2D eigenvalue weighted by atomic mass is 10.00. The molecule has 0 saturated carbocycles. The van der Waals surface area contributed by atoms with Crippen LogP contribution in [0.2, 0.25) is 0 Å². The second-order valence-corrected chi connectivity index (χ2v) is 6.82. The summed E-state index contributed by atoms with van der Waals surface area (Å²) in [6.07, 6.45) is 4.38. The second kappa shape index (κ2) is 8.80. The third-order valence-electron chi connectivity index (χ3n) is 4.87. The maximum atomic E-state index is 13.4. The predicted molar refractivity (Wildman–Crippen MR) is 112 cm³/mol. The summed E-state index contributed by atoms with van der Waals surface area (Å²) in [5.74, 6) is -0.264. The van der Waals surface area contributed by atoms with Gasteiger partial charge in [0, 0.05) is 30.6 Å². The van der Waals surface area contributed by atoms with Crippen LogP contribution in [0.4, 0.5) is 4.39 Å². The Hall–Kier alpha value is -3.31. The van der Waals surface area contributed by atoms with Gasteiger partial charge >= 0.3 is 0 Å². The van der Waals surface area contributed by atoms with Gasteiger partial charge in [-0.05, 0) is 53.9 Å². The number of halogens is 1. The van der Waals surface area contributed by atoms with Crippen LogP contribution in [-0.2, 0) is 24.8 Å². The Labute approximate surface area is 169 Å². The highest BCUT2D eigenvalue weighted by Crippen LogP contribution is 2.34. The molecule has 0 N–H and O–H groups in total. The Morgan fingerprint density at radius 1 is 0.897 bits per heavy atom. The van der Waals surface area contributed by atoms with E-state index in [1.54, 1.807) is 24.5 Å². The normalized spacial score (nSPS) is 11.0. The zero-order valence-corrected chi connectivity index (χ0v) is 16.3. The van der Waals surface area contributed by atoms with Gasteiger partial charge in [0.1, 0.15) is 11.5 Å². The topological polar surface area (TPSA) is 39.9 Å². The van der Waals surface area contributed by atoms with E-state index in [-0.39, 0.29) is 5.82 Å². The van der Waals surface area contributed by atoms with Crippen molar-refractivity contribution in [3.05, 3.63) is 96.2 Å². The summed E-state index contributed by atoms with van der Waals surface area (Å²) in [4.78, 5) is 4.12. The zero-order valence-electron chi connectivity index (χ0n) is 16.3. The molecule has 4 rings (SSSR count). The average molecular weight is 387 g/mol. The fourth-order valence-corrected chi connectivity index (χ4v) is 3.36. The molecular formula is C24H22FN3O. The standard InChI is InChI=1S/C24H22FN3O/c1-28-22(17-29-16-13-18-5-3-2-4-6-18)23(19-11-14-26-15-12-19)24(27-28)20-7-9-21(25)10-8-20/h2-12,14-15H,13,16-17H2,1H3. The van der Waals surface area contributed by atoms with Gasteiger partial charge in [-0.15, -0.1) is 0 Å². The number of pyridine rings is 1. The summed E-state index contributed by atoms with van der Waals surface area (Å²) in [5, 5.41) is 4.72. The Morgan fingerprint density at radius 2 is 1.62 bits per heavy atom. The molecule has 0 unspecified atom stereocenters. The molecule has 4 nitrogen and oxygen atoms in total. The molecule has 29 heavy (non-hydrogen) atoms. The maximum Gasteiger partial charge on any atom is 0.123 e. The van der Waals surface area contributed by atoms with Crippen molar-refractivity contribution >= 4 is 0 Å². The number of aryl methyl sites for hydroxylation is 1. The van der Waals surface area contributed by atoms with Crippen molar-refractivity contribution in [1.29, 1.82) is 0 Å². The molecule has 2 aromatic heterocycles. The van der Waals surface area contributed by atoms with Crippen LogP contribution in [0.1, 0.15) is 11.3 Å². The molecule has 4 aromatic rings. The van der Waals surface area contributed by atoms with Crippen LogP contribution in [0.5, 0.6) is 0 Å². The molecular weight excluding hydrogens is 365 g/mol. The van der Waals surface area contributed by atoms with E-state index in [1.165, 1.54) is 17.7 Å². The highest BCUT2D eigenvalue weighted by Gasteiger charge is 2.19. The van der Waals surface area contributed by atoms with Crippen molar-refractivity contribution in [3.8, 4) is 22.4 Å². The van der Waals surface area contributed by atoms with Gasteiger partial charge in [0.25, 0.3) is 0 Å². The highest BCUT2D eigenvalue weighted by molar-refractivity contribution is 5.82. The van der Waals surface area contributed by atoms with Crippen LogP contribution in [0, 0.1) is 5.82 Å². The maximum absolute atomic E-state index is 13.4. The van der Waals surface area contributed by atoms with Gasteiger partial charge in [-0.1, -0.05) is 30.3 Å². The molecule has 0 radical (unpaired) electrons. The van der Waals surface area contributed by atoms with Crippen molar-refractivity contribution < 1.29 is 9.13 Å². The van der Waals surface area contributed by atoms with Crippen molar-refractivity contribution in [2.24, 2.45) is 7.05 Å². The van der Waals surface area contributed by atoms with Gasteiger partial charge in [-0.25, -0.2) is 4.39 Å². The average Bonchev–Trinajstić information content (AvgIpc) is 3.09. The minimum atomic E-state index is -0.264. The van der Waals surface area contributed by atoms with Crippen LogP contribution >= 0.6 is 0 Å². The smallest absolute Gasteiger partial charge is 0.123 e. The lowest BCUT2D eigenvalue weighted by Gasteiger charge is -2.09. The highest BCUT2D eigenvalue weighted by atomic mass is 19.1. The van der Waals surface area contributed by atoms with E-state index in [9.17, 15) is 4.39 Å². The predicted octanol–water partition coefficient (Wildman–Crippen LogP) is 5.05. The molecule has 0 fully saturated rings. The number of nitrogens with zero attached hydrogens (tertiary/aromatic N) is 3. The first-order chi connectivity index (χ1) is 14.2. The molecule has 2 aromatic carbocycles. The summed E-state index contributed by atoms with van der Waals surface area (Å²) < 4.78 is 21.2. The first-order valence-corrected chi connectivity index (χ1v) is 9.56. The molecule has 0 atom stereocenters. The van der Waals surface area contributed by atoms with Crippen LogP contribution < -0.4 is 0 Å². The summed E-state index contributed by atoms with van der Waals surface area (Å²) in [6.45, 7) is 1.06. The van der Waals surface area contributed by atoms with Gasteiger partial charge in [-0.2, -0.15) is 5.10 Å². The van der Waals surface area contributed by atoms with E-state index in [2.05, 4.69) is 17.1 Å². The Balaban J connectivity index is 1.61. The van der Waals surface area contributed by atoms with Gasteiger partial charge in [-0.3, -0.25) is 9.67 Å². The largest absolute Gasteiger partial charge is 0.375 e. The minimum Gasteiger partial charge on any atom is -0.375 e. The van der Waals surface area contributed by atoms with Crippen molar-refractivity contribution in [2.75, 3.05) is 6.61 Å². The second-order valence-electron chi connectivity index (χ2n) is 6.82. The molecule has 2 heterocycles. The van der Waals surface area contributed by atoms with Crippen LogP contribution in [0.3, 0.4) is 0 Å². The summed E-state index contributed by atoms with van der Waals surface area (Å²) in [7, 11) is 1.91. The molecule has 0 saturated heterocycles. The third-order valence-corrected chi connectivity index (χ3v) is 4.87. The fourth-order valence-electron chi connectivity index (χ4n) is 3.36. The van der Waals surface area contributed by atoms with Crippen molar-refractivity contribution in [2.45, 2.75) is 13.0 Å². The van der Waals surface area contributed by atoms with Gasteiger partial charge in [0.2, 0.25) is 0 Å². The minimum absolute atomic E-state index is 0.264. The first-order valence-electron chi connectivity index (χ1n) is 9.56. The number of hydrogen-bond acceptors (Lipinski definition) is 3. The third kappa shape index (κ3) is 4.41. The monoisotopic (exact) mass is 387 g/mol. The summed E-state index contributed by atoms with van der Waals surface area (Å²) in [6, 6.07) is 20.6. The van der Waals surface area contributed by atoms with E-state index in [1.807, 2.05) is 42.1 Å². The molecule has 0 aliphatic rings. The Bertz CT molecular complexity index is 1060. The van der Waals surface area contributed by atoms with Crippen LogP contribution in [0.25, 0.3) is 22.4 Å². The number of ether oxygens (including phenoxy) is 1. The van der Waals surface area contributed by atoms with Gasteiger partial charge in [0.05, 0.1) is 18.9 Å². The summed E-state index contributed by atoms with van der Waals surface area (Å²) in [5.41, 5.74) is 5.89. The van der Waals surface area contributed by atoms with E-state index < -0.39 is 0 Å². The molecule has 146 valence electrons. The van der Waals surface area contributed by atoms with Crippen LogP contribution in [-0.4, -0.2) is 21.4 Å². The molecule has 0 aliphatic carbocycles. The zero-order chi connectivity index (χ0) is 20.1. The molecule has 5 heteroatoms. The van der Waals surface area contributed by atoms with Gasteiger partial charge in [0.15, 0.2) is 0 Å². The quantitative estimate of drug-likeness (QED) is 0.417. The Kier molecular flexibility index (Phi) is 5.77. The Morgan fingerprint density at radius 3 is 2.34 bits per heavy atom. The summed E-state index contributed by atoms with van der Waals surface area (Å²) >= 11 is 0. The number of hydrogen-bond donors (Lipinski definition) is 0. The van der Waals surface area contributed by atoms with E-state index >= 15 is 0 Å². The van der Waals surface area contributed by atoms with Crippen LogP contribution in [0.15, 0.2) is 79.1 Å². The number of rotatable bonds is 7. The van der Waals surface area contributed by atoms with Crippen molar-refractivity contribution in [1.82, 2.24) is 14.8 Å². The molecule has 0 aliphatic heterocycles. The molecule has 0 amide bonds. The molecule has 0 spiro atoms. The molecule has 0 bridgehead atoms. The van der Waals surface area contributed by atoms with E-state index in [4.69, 9.17) is 9.84 Å². The van der Waals surface area contributed by atoms with Crippen molar-refractivity contribution in [3.63, 3.8) is 0 Å². The van der Waals surface area contributed by atoms with E-state index in [0.717, 1.165) is 34.5 Å². The number of aromatic nitrogens is 3. The fraction of sp³-hybridized carbons (Fsp3) is 0.167.